The zero-order valence-electron chi connectivity index (χ0n) is 9.63. The van der Waals surface area contributed by atoms with Crippen molar-refractivity contribution in [3.05, 3.63) is 29.3 Å². The molecule has 1 saturated heterocycles. The summed E-state index contributed by atoms with van der Waals surface area (Å²) in [7, 11) is 0. The van der Waals surface area contributed by atoms with Gasteiger partial charge in [-0.05, 0) is 18.2 Å². The summed E-state index contributed by atoms with van der Waals surface area (Å²) in [6, 6.07) is 3.83. The molecule has 1 aliphatic rings. The molecule has 1 fully saturated rings. The van der Waals surface area contributed by atoms with Crippen molar-refractivity contribution < 1.29 is 24.5 Å². The van der Waals surface area contributed by atoms with E-state index in [0.29, 0.717) is 26.3 Å². The second-order valence-electron chi connectivity index (χ2n) is 3.94. The quantitative estimate of drug-likeness (QED) is 0.802. The van der Waals surface area contributed by atoms with Crippen LogP contribution < -0.4 is 0 Å². The van der Waals surface area contributed by atoms with E-state index in [4.69, 9.17) is 9.84 Å². The fourth-order valence-corrected chi connectivity index (χ4v) is 1.79. The maximum absolute atomic E-state index is 12.1. The van der Waals surface area contributed by atoms with Crippen molar-refractivity contribution in [2.75, 3.05) is 26.3 Å². The molecule has 1 aromatic rings. The van der Waals surface area contributed by atoms with E-state index >= 15 is 0 Å². The molecule has 0 unspecified atom stereocenters. The number of aromatic hydroxyl groups is 1. The Morgan fingerprint density at radius 1 is 1.22 bits per heavy atom. The number of ether oxygens (including phenoxy) is 1. The predicted octanol–water partition coefficient (Wildman–Crippen LogP) is 0.563. The van der Waals surface area contributed by atoms with Crippen molar-refractivity contribution >= 4 is 11.9 Å². The van der Waals surface area contributed by atoms with E-state index in [9.17, 15) is 14.7 Å². The lowest BCUT2D eigenvalue weighted by atomic mass is 10.1. The van der Waals surface area contributed by atoms with Crippen LogP contribution in [0.15, 0.2) is 18.2 Å². The summed E-state index contributed by atoms with van der Waals surface area (Å²) < 4.78 is 5.14. The Labute approximate surface area is 103 Å². The third-order valence-electron chi connectivity index (χ3n) is 2.77. The van der Waals surface area contributed by atoms with Gasteiger partial charge >= 0.3 is 5.97 Å². The van der Waals surface area contributed by atoms with Crippen LogP contribution in [0.4, 0.5) is 0 Å². The number of benzene rings is 1. The summed E-state index contributed by atoms with van der Waals surface area (Å²) in [4.78, 5) is 24.5. The lowest BCUT2D eigenvalue weighted by Crippen LogP contribution is -2.40. The first-order valence-electron chi connectivity index (χ1n) is 5.53. The van der Waals surface area contributed by atoms with E-state index in [2.05, 4.69) is 0 Å². The Morgan fingerprint density at radius 3 is 2.50 bits per heavy atom. The highest BCUT2D eigenvalue weighted by Gasteiger charge is 2.20. The van der Waals surface area contributed by atoms with Gasteiger partial charge in [0.15, 0.2) is 0 Å². The van der Waals surface area contributed by atoms with Crippen LogP contribution >= 0.6 is 0 Å². The smallest absolute Gasteiger partial charge is 0.339 e. The van der Waals surface area contributed by atoms with Crippen molar-refractivity contribution in [3.63, 3.8) is 0 Å². The summed E-state index contributed by atoms with van der Waals surface area (Å²) in [6.07, 6.45) is 0. The van der Waals surface area contributed by atoms with Gasteiger partial charge in [-0.3, -0.25) is 4.79 Å². The van der Waals surface area contributed by atoms with Crippen LogP contribution in [-0.4, -0.2) is 53.3 Å². The van der Waals surface area contributed by atoms with Crippen molar-refractivity contribution in [1.82, 2.24) is 4.90 Å². The number of phenols is 1. The highest BCUT2D eigenvalue weighted by molar-refractivity contribution is 5.98. The molecule has 6 heteroatoms. The van der Waals surface area contributed by atoms with Crippen LogP contribution in [0.5, 0.6) is 5.75 Å². The SMILES string of the molecule is O=C(O)c1cc(C(=O)N2CCOCC2)ccc1O. The molecule has 0 aliphatic carbocycles. The maximum Gasteiger partial charge on any atom is 0.339 e. The normalized spacial score (nSPS) is 15.4. The molecule has 6 nitrogen and oxygen atoms in total. The van der Waals surface area contributed by atoms with Gasteiger partial charge in [-0.1, -0.05) is 0 Å². The average Bonchev–Trinajstić information content (AvgIpc) is 2.39. The number of carbonyl (C=O) groups is 2. The van der Waals surface area contributed by atoms with Crippen molar-refractivity contribution in [2.45, 2.75) is 0 Å². The van der Waals surface area contributed by atoms with Crippen LogP contribution in [0.1, 0.15) is 20.7 Å². The van der Waals surface area contributed by atoms with Gasteiger partial charge < -0.3 is 19.8 Å². The first-order valence-corrected chi connectivity index (χ1v) is 5.53. The zero-order valence-corrected chi connectivity index (χ0v) is 9.63. The first-order chi connectivity index (χ1) is 8.59. The Kier molecular flexibility index (Phi) is 3.47. The number of carboxylic acid groups (broad SMARTS) is 1. The molecule has 0 aromatic heterocycles. The monoisotopic (exact) mass is 251 g/mol. The molecule has 1 heterocycles. The third kappa shape index (κ3) is 2.43. The fourth-order valence-electron chi connectivity index (χ4n) is 1.79. The number of carbonyl (C=O) groups excluding carboxylic acids is 1. The molecule has 2 N–H and O–H groups in total. The van der Waals surface area contributed by atoms with Crippen LogP contribution in [-0.2, 0) is 4.74 Å². The van der Waals surface area contributed by atoms with Crippen LogP contribution in [0, 0.1) is 0 Å². The van der Waals surface area contributed by atoms with Gasteiger partial charge in [-0.25, -0.2) is 4.79 Å². The molecule has 96 valence electrons. The number of rotatable bonds is 2. The van der Waals surface area contributed by atoms with E-state index in [0.717, 1.165) is 0 Å². The number of carboxylic acids is 1. The van der Waals surface area contributed by atoms with Gasteiger partial charge in [0.05, 0.1) is 13.2 Å². The van der Waals surface area contributed by atoms with Gasteiger partial charge in [0.1, 0.15) is 11.3 Å². The van der Waals surface area contributed by atoms with Gasteiger partial charge in [0, 0.05) is 18.7 Å². The molecule has 2 rings (SSSR count). The standard InChI is InChI=1S/C12H13NO5/c14-10-2-1-8(7-9(10)12(16)17)11(15)13-3-5-18-6-4-13/h1-2,7,14H,3-6H2,(H,16,17). The van der Waals surface area contributed by atoms with Gasteiger partial charge in [0.2, 0.25) is 0 Å². The topological polar surface area (TPSA) is 87.1 Å². The number of nitrogens with zero attached hydrogens (tertiary/aromatic N) is 1. The zero-order chi connectivity index (χ0) is 13.1. The Bertz CT molecular complexity index is 479. The highest BCUT2D eigenvalue weighted by atomic mass is 16.5. The van der Waals surface area contributed by atoms with E-state index in [1.54, 1.807) is 4.90 Å². The van der Waals surface area contributed by atoms with Crippen molar-refractivity contribution in [2.24, 2.45) is 0 Å². The lowest BCUT2D eigenvalue weighted by Gasteiger charge is -2.26. The highest BCUT2D eigenvalue weighted by Crippen LogP contribution is 2.19. The molecule has 0 radical (unpaired) electrons. The molecule has 1 aromatic carbocycles. The van der Waals surface area contributed by atoms with E-state index in [1.165, 1.54) is 18.2 Å². The number of hydrogen-bond acceptors (Lipinski definition) is 4. The van der Waals surface area contributed by atoms with E-state index < -0.39 is 5.97 Å². The van der Waals surface area contributed by atoms with Gasteiger partial charge in [-0.2, -0.15) is 0 Å². The Balaban J connectivity index is 2.24. The second-order valence-corrected chi connectivity index (χ2v) is 3.94. The fraction of sp³-hybridized carbons (Fsp3) is 0.333. The first kappa shape index (κ1) is 12.4. The number of hydrogen-bond donors (Lipinski definition) is 2. The molecular formula is C12H13NO5. The molecule has 0 atom stereocenters. The van der Waals surface area contributed by atoms with Gasteiger partial charge in [0.25, 0.3) is 5.91 Å². The molecule has 18 heavy (non-hydrogen) atoms. The van der Waals surface area contributed by atoms with E-state index in [1.807, 2.05) is 0 Å². The minimum atomic E-state index is -1.26. The molecule has 0 saturated carbocycles. The maximum atomic E-state index is 12.1. The largest absolute Gasteiger partial charge is 0.507 e. The molecule has 0 bridgehead atoms. The van der Waals surface area contributed by atoms with Crippen LogP contribution in [0.25, 0.3) is 0 Å². The summed E-state index contributed by atoms with van der Waals surface area (Å²) >= 11 is 0. The van der Waals surface area contributed by atoms with Crippen molar-refractivity contribution in [1.29, 1.82) is 0 Å². The molecule has 1 amide bonds. The second kappa shape index (κ2) is 5.05. The van der Waals surface area contributed by atoms with Gasteiger partial charge in [-0.15, -0.1) is 0 Å². The molecular weight excluding hydrogens is 238 g/mol. The predicted molar refractivity (Wildman–Crippen MR) is 61.8 cm³/mol. The number of amides is 1. The Hall–Kier alpha value is -2.08. The summed E-state index contributed by atoms with van der Waals surface area (Å²) in [5.74, 6) is -1.86. The van der Waals surface area contributed by atoms with Crippen LogP contribution in [0.2, 0.25) is 0 Å². The lowest BCUT2D eigenvalue weighted by molar-refractivity contribution is 0.0303. The van der Waals surface area contributed by atoms with E-state index in [-0.39, 0.29) is 22.8 Å². The minimum absolute atomic E-state index is 0.249. The molecule has 0 spiro atoms. The number of aromatic carboxylic acids is 1. The molecule has 1 aliphatic heterocycles. The number of morpholine rings is 1. The summed E-state index contributed by atoms with van der Waals surface area (Å²) in [6.45, 7) is 1.94. The van der Waals surface area contributed by atoms with Crippen LogP contribution in [0.3, 0.4) is 0 Å². The summed E-state index contributed by atoms with van der Waals surface area (Å²) in [5, 5.41) is 18.2. The minimum Gasteiger partial charge on any atom is -0.507 e. The average molecular weight is 251 g/mol. The van der Waals surface area contributed by atoms with Crippen molar-refractivity contribution in [3.8, 4) is 5.75 Å². The third-order valence-corrected chi connectivity index (χ3v) is 2.77. The Morgan fingerprint density at radius 2 is 1.89 bits per heavy atom. The summed E-state index contributed by atoms with van der Waals surface area (Å²) in [5.41, 5.74) is -0.0128.